The highest BCUT2D eigenvalue weighted by Gasteiger charge is 2.42. The Labute approximate surface area is 118 Å². The van der Waals surface area contributed by atoms with Gasteiger partial charge in [0.2, 0.25) is 0 Å². The highest BCUT2D eigenvalue weighted by molar-refractivity contribution is 7.87. The molecule has 0 aromatic heterocycles. The third kappa shape index (κ3) is 3.90. The minimum atomic E-state index is -3.45. The molecular formula is C13H29N3O2S. The Balaban J connectivity index is 2.85. The lowest BCUT2D eigenvalue weighted by Gasteiger charge is -2.45. The van der Waals surface area contributed by atoms with Crippen molar-refractivity contribution in [2.45, 2.75) is 64.5 Å². The molecule has 0 aliphatic heterocycles. The quantitative estimate of drug-likeness (QED) is 0.778. The Kier molecular flexibility index (Phi) is 5.79. The summed E-state index contributed by atoms with van der Waals surface area (Å²) in [5.74, 6) is 0.717. The van der Waals surface area contributed by atoms with Crippen molar-refractivity contribution in [1.82, 2.24) is 9.03 Å². The SMILES string of the molecule is CCC1CCC(CN)(N(C)S(=O)(=O)NC(C)C)CC1. The smallest absolute Gasteiger partial charge is 0.279 e. The van der Waals surface area contributed by atoms with Crippen molar-refractivity contribution < 1.29 is 8.42 Å². The summed E-state index contributed by atoms with van der Waals surface area (Å²) in [4.78, 5) is 0. The minimum Gasteiger partial charge on any atom is -0.329 e. The van der Waals surface area contributed by atoms with Gasteiger partial charge < -0.3 is 5.73 Å². The maximum atomic E-state index is 12.3. The molecule has 0 radical (unpaired) electrons. The molecule has 0 heterocycles. The van der Waals surface area contributed by atoms with Gasteiger partial charge in [0.1, 0.15) is 0 Å². The molecule has 1 saturated carbocycles. The van der Waals surface area contributed by atoms with Crippen LogP contribution < -0.4 is 10.5 Å². The molecule has 6 heteroatoms. The zero-order valence-electron chi connectivity index (χ0n) is 12.6. The maximum absolute atomic E-state index is 12.3. The normalized spacial score (nSPS) is 29.1. The van der Waals surface area contributed by atoms with E-state index in [0.29, 0.717) is 12.5 Å². The van der Waals surface area contributed by atoms with Crippen LogP contribution in [0.5, 0.6) is 0 Å². The molecule has 0 spiro atoms. The van der Waals surface area contributed by atoms with Crippen LogP contribution in [0.3, 0.4) is 0 Å². The maximum Gasteiger partial charge on any atom is 0.279 e. The van der Waals surface area contributed by atoms with Gasteiger partial charge in [-0.3, -0.25) is 0 Å². The molecule has 1 aliphatic carbocycles. The molecule has 0 bridgehead atoms. The van der Waals surface area contributed by atoms with Crippen molar-refractivity contribution in [3.8, 4) is 0 Å². The van der Waals surface area contributed by atoms with Gasteiger partial charge in [0, 0.05) is 25.2 Å². The second-order valence-corrected chi connectivity index (χ2v) is 7.76. The Bertz CT molecular complexity index is 373. The number of nitrogens with zero attached hydrogens (tertiary/aromatic N) is 1. The molecule has 1 rings (SSSR count). The topological polar surface area (TPSA) is 75.4 Å². The fourth-order valence-electron chi connectivity index (χ4n) is 2.90. The molecule has 1 fully saturated rings. The number of nitrogens with two attached hydrogens (primary N) is 1. The van der Waals surface area contributed by atoms with Gasteiger partial charge >= 0.3 is 0 Å². The van der Waals surface area contributed by atoms with E-state index in [-0.39, 0.29) is 6.04 Å². The Morgan fingerprint density at radius 2 is 1.89 bits per heavy atom. The van der Waals surface area contributed by atoms with Crippen LogP contribution >= 0.6 is 0 Å². The van der Waals surface area contributed by atoms with Gasteiger partial charge in [-0.2, -0.15) is 17.4 Å². The van der Waals surface area contributed by atoms with Crippen LogP contribution in [0.1, 0.15) is 52.9 Å². The van der Waals surface area contributed by atoms with Gasteiger partial charge in [-0.1, -0.05) is 13.3 Å². The summed E-state index contributed by atoms with van der Waals surface area (Å²) in [6.45, 7) is 6.24. The van der Waals surface area contributed by atoms with E-state index in [2.05, 4.69) is 11.6 Å². The Morgan fingerprint density at radius 3 is 2.26 bits per heavy atom. The van der Waals surface area contributed by atoms with Crippen LogP contribution in [0.25, 0.3) is 0 Å². The predicted octanol–water partition coefficient (Wildman–Crippen LogP) is 1.46. The van der Waals surface area contributed by atoms with Crippen LogP contribution in [-0.4, -0.2) is 37.9 Å². The molecule has 0 atom stereocenters. The van der Waals surface area contributed by atoms with Crippen LogP contribution in [-0.2, 0) is 10.2 Å². The average Bonchev–Trinajstić information content (AvgIpc) is 2.36. The second kappa shape index (κ2) is 6.52. The summed E-state index contributed by atoms with van der Waals surface area (Å²) >= 11 is 0. The third-order valence-electron chi connectivity index (χ3n) is 4.41. The average molecular weight is 291 g/mol. The summed E-state index contributed by atoms with van der Waals surface area (Å²) < 4.78 is 28.8. The van der Waals surface area contributed by atoms with Crippen molar-refractivity contribution in [3.63, 3.8) is 0 Å². The lowest BCUT2D eigenvalue weighted by Crippen LogP contribution is -2.59. The largest absolute Gasteiger partial charge is 0.329 e. The highest BCUT2D eigenvalue weighted by Crippen LogP contribution is 2.37. The van der Waals surface area contributed by atoms with Crippen molar-refractivity contribution in [2.24, 2.45) is 11.7 Å². The highest BCUT2D eigenvalue weighted by atomic mass is 32.2. The predicted molar refractivity (Wildman–Crippen MR) is 79.0 cm³/mol. The Hall–Kier alpha value is -0.170. The fraction of sp³-hybridized carbons (Fsp3) is 1.00. The van der Waals surface area contributed by atoms with Gasteiger partial charge in [-0.15, -0.1) is 0 Å². The van der Waals surface area contributed by atoms with E-state index in [9.17, 15) is 8.42 Å². The van der Waals surface area contributed by atoms with Gasteiger partial charge in [0.25, 0.3) is 10.2 Å². The molecule has 0 unspecified atom stereocenters. The van der Waals surface area contributed by atoms with Gasteiger partial charge in [0.05, 0.1) is 0 Å². The second-order valence-electron chi connectivity index (χ2n) is 6.03. The molecule has 1 aliphatic rings. The van der Waals surface area contributed by atoms with Crippen LogP contribution in [0.4, 0.5) is 0 Å². The molecule has 0 aromatic rings. The van der Waals surface area contributed by atoms with E-state index >= 15 is 0 Å². The monoisotopic (exact) mass is 291 g/mol. The van der Waals surface area contributed by atoms with Crippen LogP contribution in [0.2, 0.25) is 0 Å². The Morgan fingerprint density at radius 1 is 1.37 bits per heavy atom. The van der Waals surface area contributed by atoms with E-state index in [0.717, 1.165) is 25.7 Å². The molecule has 5 nitrogen and oxygen atoms in total. The van der Waals surface area contributed by atoms with Gasteiger partial charge in [0.15, 0.2) is 0 Å². The lowest BCUT2D eigenvalue weighted by atomic mass is 9.75. The van der Waals surface area contributed by atoms with Crippen molar-refractivity contribution in [1.29, 1.82) is 0 Å². The summed E-state index contributed by atoms with van der Waals surface area (Å²) in [5, 5.41) is 0. The van der Waals surface area contributed by atoms with E-state index in [1.54, 1.807) is 7.05 Å². The molecule has 3 N–H and O–H groups in total. The zero-order chi connectivity index (χ0) is 14.7. The van der Waals surface area contributed by atoms with E-state index in [4.69, 9.17) is 5.73 Å². The molecule has 0 aromatic carbocycles. The molecule has 0 amide bonds. The minimum absolute atomic E-state index is 0.103. The first kappa shape index (κ1) is 16.9. The molecule has 19 heavy (non-hydrogen) atoms. The fourth-order valence-corrected chi connectivity index (χ4v) is 4.42. The number of likely N-dealkylation sites (N-methyl/N-ethyl adjacent to an activating group) is 1. The first-order chi connectivity index (χ1) is 8.77. The van der Waals surface area contributed by atoms with Crippen molar-refractivity contribution >= 4 is 10.2 Å². The first-order valence-electron chi connectivity index (χ1n) is 7.23. The summed E-state index contributed by atoms with van der Waals surface area (Å²) in [7, 11) is -1.79. The lowest BCUT2D eigenvalue weighted by molar-refractivity contribution is 0.127. The van der Waals surface area contributed by atoms with Crippen LogP contribution in [0.15, 0.2) is 0 Å². The first-order valence-corrected chi connectivity index (χ1v) is 8.68. The van der Waals surface area contributed by atoms with E-state index in [1.807, 2.05) is 13.8 Å². The number of nitrogens with one attached hydrogen (secondary N) is 1. The van der Waals surface area contributed by atoms with Gasteiger partial charge in [-0.25, -0.2) is 0 Å². The number of hydrogen-bond acceptors (Lipinski definition) is 3. The summed E-state index contributed by atoms with van der Waals surface area (Å²) in [6.07, 6.45) is 5.01. The molecule has 0 saturated heterocycles. The van der Waals surface area contributed by atoms with Crippen LogP contribution in [0, 0.1) is 5.92 Å². The van der Waals surface area contributed by atoms with E-state index < -0.39 is 15.7 Å². The van der Waals surface area contributed by atoms with Gasteiger partial charge in [-0.05, 0) is 45.4 Å². The molecular weight excluding hydrogens is 262 g/mol. The van der Waals surface area contributed by atoms with E-state index in [1.165, 1.54) is 10.7 Å². The zero-order valence-corrected chi connectivity index (χ0v) is 13.5. The number of hydrogen-bond donors (Lipinski definition) is 2. The summed E-state index contributed by atoms with van der Waals surface area (Å²) in [5.41, 5.74) is 5.51. The van der Waals surface area contributed by atoms with Crippen molar-refractivity contribution in [3.05, 3.63) is 0 Å². The number of rotatable bonds is 6. The summed E-state index contributed by atoms with van der Waals surface area (Å²) in [6, 6.07) is -0.103. The standard InChI is InChI=1S/C13H29N3O2S/c1-5-12-6-8-13(10-14,9-7-12)16(4)19(17,18)15-11(2)3/h11-12,15H,5-10,14H2,1-4H3. The van der Waals surface area contributed by atoms with Crippen molar-refractivity contribution in [2.75, 3.05) is 13.6 Å². The molecule has 114 valence electrons. The third-order valence-corrected chi connectivity index (χ3v) is 6.28.